The van der Waals surface area contributed by atoms with E-state index in [2.05, 4.69) is 4.72 Å². The van der Waals surface area contributed by atoms with Crippen LogP contribution < -0.4 is 4.72 Å². The third-order valence-corrected chi connectivity index (χ3v) is 6.96. The van der Waals surface area contributed by atoms with E-state index in [-0.39, 0.29) is 9.79 Å². The summed E-state index contributed by atoms with van der Waals surface area (Å²) in [7, 11) is -7.25. The van der Waals surface area contributed by atoms with Gasteiger partial charge in [0, 0.05) is 18.8 Å². The molecule has 2 aromatic carbocycles. The van der Waals surface area contributed by atoms with Gasteiger partial charge in [0.15, 0.2) is 0 Å². The molecule has 1 N–H and O–H groups in total. The number of hydrogen-bond acceptors (Lipinski definition) is 4. The Kier molecular flexibility index (Phi) is 5.63. The fourth-order valence-electron chi connectivity index (χ4n) is 2.22. The minimum atomic E-state index is -3.70. The Bertz CT molecular complexity index is 873. The molecule has 0 saturated heterocycles. The number of benzene rings is 2. The van der Waals surface area contributed by atoms with E-state index in [1.807, 2.05) is 0 Å². The predicted molar refractivity (Wildman–Crippen MR) is 93.8 cm³/mol. The van der Waals surface area contributed by atoms with Crippen molar-refractivity contribution in [3.05, 3.63) is 54.6 Å². The average molecular weight is 368 g/mol. The van der Waals surface area contributed by atoms with Crippen LogP contribution in [-0.2, 0) is 20.0 Å². The van der Waals surface area contributed by atoms with Gasteiger partial charge in [-0.05, 0) is 36.4 Å². The van der Waals surface area contributed by atoms with Crippen molar-refractivity contribution in [3.63, 3.8) is 0 Å². The molecule has 0 fully saturated rings. The van der Waals surface area contributed by atoms with Crippen LogP contribution in [0, 0.1) is 0 Å². The first-order chi connectivity index (χ1) is 11.3. The lowest BCUT2D eigenvalue weighted by molar-refractivity contribution is 0.445. The summed E-state index contributed by atoms with van der Waals surface area (Å²) in [5.41, 5.74) is 0.303. The van der Waals surface area contributed by atoms with E-state index in [4.69, 9.17) is 0 Å². The number of nitrogens with zero attached hydrogens (tertiary/aromatic N) is 1. The molecule has 0 atom stereocenters. The van der Waals surface area contributed by atoms with E-state index < -0.39 is 20.0 Å². The number of nitrogens with one attached hydrogen (secondary N) is 1. The van der Waals surface area contributed by atoms with Gasteiger partial charge in [0.2, 0.25) is 10.0 Å². The standard InChI is InChI=1S/C16H20N2O4S2/c1-3-18(4-2)24(21,22)16-12-10-14(11-13-16)17-23(19,20)15-8-6-5-7-9-15/h5-13,17H,3-4H2,1-2H3. The van der Waals surface area contributed by atoms with E-state index in [9.17, 15) is 16.8 Å². The van der Waals surface area contributed by atoms with Crippen molar-refractivity contribution < 1.29 is 16.8 Å². The van der Waals surface area contributed by atoms with Crippen LogP contribution in [0.5, 0.6) is 0 Å². The Morgan fingerprint density at radius 1 is 0.792 bits per heavy atom. The van der Waals surface area contributed by atoms with Gasteiger partial charge in [-0.15, -0.1) is 0 Å². The monoisotopic (exact) mass is 368 g/mol. The minimum Gasteiger partial charge on any atom is -0.280 e. The van der Waals surface area contributed by atoms with Crippen LogP contribution in [0.2, 0.25) is 0 Å². The molecule has 0 bridgehead atoms. The Morgan fingerprint density at radius 3 is 1.83 bits per heavy atom. The van der Waals surface area contributed by atoms with Crippen molar-refractivity contribution >= 4 is 25.7 Å². The van der Waals surface area contributed by atoms with Gasteiger partial charge in [-0.1, -0.05) is 32.0 Å². The van der Waals surface area contributed by atoms with Crippen molar-refractivity contribution in [1.29, 1.82) is 0 Å². The molecular formula is C16H20N2O4S2. The maximum atomic E-state index is 12.4. The SMILES string of the molecule is CCN(CC)S(=O)(=O)c1ccc(NS(=O)(=O)c2ccccc2)cc1. The second-order valence-corrected chi connectivity index (χ2v) is 8.65. The predicted octanol–water partition coefficient (Wildman–Crippen LogP) is 2.52. The summed E-state index contributed by atoms with van der Waals surface area (Å²) in [6.07, 6.45) is 0. The summed E-state index contributed by atoms with van der Waals surface area (Å²) in [6.45, 7) is 4.29. The van der Waals surface area contributed by atoms with Crippen molar-refractivity contribution in [3.8, 4) is 0 Å². The topological polar surface area (TPSA) is 83.6 Å². The molecule has 0 heterocycles. The van der Waals surface area contributed by atoms with Gasteiger partial charge in [0.25, 0.3) is 10.0 Å². The summed E-state index contributed by atoms with van der Waals surface area (Å²) in [4.78, 5) is 0.277. The summed E-state index contributed by atoms with van der Waals surface area (Å²) < 4.78 is 53.1. The maximum absolute atomic E-state index is 12.4. The molecular weight excluding hydrogens is 348 g/mol. The lowest BCUT2D eigenvalue weighted by Crippen LogP contribution is -2.30. The fraction of sp³-hybridized carbons (Fsp3) is 0.250. The zero-order valence-corrected chi connectivity index (χ0v) is 15.1. The zero-order chi connectivity index (χ0) is 17.8. The van der Waals surface area contributed by atoms with E-state index in [0.29, 0.717) is 18.8 Å². The van der Waals surface area contributed by atoms with Gasteiger partial charge in [-0.2, -0.15) is 4.31 Å². The van der Waals surface area contributed by atoms with Gasteiger partial charge in [-0.25, -0.2) is 16.8 Å². The molecule has 24 heavy (non-hydrogen) atoms. The first kappa shape index (κ1) is 18.4. The Balaban J connectivity index is 2.25. The molecule has 6 nitrogen and oxygen atoms in total. The van der Waals surface area contributed by atoms with Crippen LogP contribution in [0.4, 0.5) is 5.69 Å². The molecule has 0 saturated carbocycles. The molecule has 2 rings (SSSR count). The van der Waals surface area contributed by atoms with Crippen LogP contribution in [0.25, 0.3) is 0 Å². The highest BCUT2D eigenvalue weighted by Gasteiger charge is 2.21. The molecule has 2 aromatic rings. The summed E-state index contributed by atoms with van der Waals surface area (Å²) in [5.74, 6) is 0. The molecule has 0 amide bonds. The van der Waals surface area contributed by atoms with Crippen molar-refractivity contribution in [2.45, 2.75) is 23.6 Å². The Hall–Kier alpha value is -1.90. The van der Waals surface area contributed by atoms with Gasteiger partial charge < -0.3 is 0 Å². The summed E-state index contributed by atoms with van der Waals surface area (Å²) >= 11 is 0. The third-order valence-electron chi connectivity index (χ3n) is 3.50. The molecule has 0 radical (unpaired) electrons. The highest BCUT2D eigenvalue weighted by Crippen LogP contribution is 2.20. The van der Waals surface area contributed by atoms with Crippen LogP contribution >= 0.6 is 0 Å². The smallest absolute Gasteiger partial charge is 0.261 e. The summed E-state index contributed by atoms with van der Waals surface area (Å²) in [6, 6.07) is 13.7. The molecule has 0 spiro atoms. The van der Waals surface area contributed by atoms with E-state index in [0.717, 1.165) is 0 Å². The fourth-order valence-corrected chi connectivity index (χ4v) is 4.76. The Morgan fingerprint density at radius 2 is 1.33 bits per heavy atom. The quantitative estimate of drug-likeness (QED) is 0.814. The van der Waals surface area contributed by atoms with E-state index in [1.54, 1.807) is 32.0 Å². The minimum absolute atomic E-state index is 0.133. The second-order valence-electron chi connectivity index (χ2n) is 5.03. The Labute approximate surface area is 143 Å². The highest BCUT2D eigenvalue weighted by atomic mass is 32.2. The number of anilines is 1. The van der Waals surface area contributed by atoms with Gasteiger partial charge in [0.1, 0.15) is 0 Å². The molecule has 0 aliphatic rings. The molecule has 130 valence electrons. The maximum Gasteiger partial charge on any atom is 0.261 e. The first-order valence-electron chi connectivity index (χ1n) is 7.49. The van der Waals surface area contributed by atoms with Gasteiger partial charge in [0.05, 0.1) is 9.79 Å². The molecule has 0 aliphatic carbocycles. The van der Waals surface area contributed by atoms with Crippen molar-refractivity contribution in [2.24, 2.45) is 0 Å². The molecule has 0 aromatic heterocycles. The van der Waals surface area contributed by atoms with E-state index >= 15 is 0 Å². The van der Waals surface area contributed by atoms with E-state index in [1.165, 1.54) is 40.7 Å². The molecule has 0 aliphatic heterocycles. The zero-order valence-electron chi connectivity index (χ0n) is 13.5. The second kappa shape index (κ2) is 7.33. The van der Waals surface area contributed by atoms with Crippen LogP contribution in [0.3, 0.4) is 0 Å². The number of sulfonamides is 2. The van der Waals surface area contributed by atoms with Crippen molar-refractivity contribution in [2.75, 3.05) is 17.8 Å². The molecule has 0 unspecified atom stereocenters. The highest BCUT2D eigenvalue weighted by molar-refractivity contribution is 7.92. The normalized spacial score (nSPS) is 12.3. The largest absolute Gasteiger partial charge is 0.280 e. The lowest BCUT2D eigenvalue weighted by atomic mass is 10.3. The number of hydrogen-bond donors (Lipinski definition) is 1. The first-order valence-corrected chi connectivity index (χ1v) is 10.4. The van der Waals surface area contributed by atoms with Crippen LogP contribution in [0.1, 0.15) is 13.8 Å². The van der Waals surface area contributed by atoms with Gasteiger partial charge in [-0.3, -0.25) is 4.72 Å². The third kappa shape index (κ3) is 3.95. The number of rotatable bonds is 7. The molecule has 8 heteroatoms. The average Bonchev–Trinajstić information content (AvgIpc) is 2.56. The van der Waals surface area contributed by atoms with Crippen molar-refractivity contribution in [1.82, 2.24) is 4.31 Å². The van der Waals surface area contributed by atoms with Crippen LogP contribution in [0.15, 0.2) is 64.4 Å². The van der Waals surface area contributed by atoms with Crippen LogP contribution in [-0.4, -0.2) is 34.2 Å². The summed E-state index contributed by atoms with van der Waals surface area (Å²) in [5, 5.41) is 0. The van der Waals surface area contributed by atoms with Gasteiger partial charge >= 0.3 is 0 Å². The lowest BCUT2D eigenvalue weighted by Gasteiger charge is -2.18.